The lowest BCUT2D eigenvalue weighted by atomic mass is 10.3. The van der Waals surface area contributed by atoms with E-state index in [9.17, 15) is 0 Å². The molecule has 0 saturated heterocycles. The fraction of sp³-hybridized carbons (Fsp3) is 0.0588. The average molecular weight is 380 g/mol. The van der Waals surface area contributed by atoms with Gasteiger partial charge < -0.3 is 0 Å². The SMILES string of the molecule is Cc1nn(-c2ccccc2Cl)c(Cl)c1C=NNc1cccc(Cl)c1. The third kappa shape index (κ3) is 3.56. The van der Waals surface area contributed by atoms with Gasteiger partial charge in [-0.1, -0.05) is 53.0 Å². The first-order chi connectivity index (χ1) is 11.6. The van der Waals surface area contributed by atoms with Gasteiger partial charge in [-0.05, 0) is 37.3 Å². The Balaban J connectivity index is 1.87. The summed E-state index contributed by atoms with van der Waals surface area (Å²) < 4.78 is 1.60. The summed E-state index contributed by atoms with van der Waals surface area (Å²) in [5.41, 5.74) is 5.87. The van der Waals surface area contributed by atoms with E-state index in [0.717, 1.165) is 17.1 Å². The van der Waals surface area contributed by atoms with Crippen LogP contribution >= 0.6 is 34.8 Å². The normalized spacial score (nSPS) is 11.2. The van der Waals surface area contributed by atoms with Crippen molar-refractivity contribution in [1.82, 2.24) is 9.78 Å². The monoisotopic (exact) mass is 378 g/mol. The minimum atomic E-state index is 0.442. The molecule has 7 heteroatoms. The van der Waals surface area contributed by atoms with E-state index in [1.54, 1.807) is 29.1 Å². The van der Waals surface area contributed by atoms with E-state index in [4.69, 9.17) is 34.8 Å². The molecule has 0 aliphatic carbocycles. The summed E-state index contributed by atoms with van der Waals surface area (Å²) in [6.45, 7) is 1.86. The van der Waals surface area contributed by atoms with Crippen LogP contribution in [0.25, 0.3) is 5.69 Å². The van der Waals surface area contributed by atoms with Gasteiger partial charge in [0.15, 0.2) is 0 Å². The van der Waals surface area contributed by atoms with E-state index in [2.05, 4.69) is 15.6 Å². The number of aryl methyl sites for hydroxylation is 1. The maximum Gasteiger partial charge on any atom is 0.142 e. The van der Waals surface area contributed by atoms with Crippen LogP contribution in [-0.4, -0.2) is 16.0 Å². The van der Waals surface area contributed by atoms with Gasteiger partial charge in [0.25, 0.3) is 0 Å². The summed E-state index contributed by atoms with van der Waals surface area (Å²) in [5, 5.41) is 10.3. The van der Waals surface area contributed by atoms with Gasteiger partial charge in [0, 0.05) is 5.02 Å². The molecule has 0 bridgehead atoms. The maximum atomic E-state index is 6.44. The fourth-order valence-corrected chi connectivity index (χ4v) is 2.89. The molecule has 0 atom stereocenters. The quantitative estimate of drug-likeness (QED) is 0.474. The Bertz CT molecular complexity index is 903. The predicted molar refractivity (Wildman–Crippen MR) is 101 cm³/mol. The van der Waals surface area contributed by atoms with Crippen LogP contribution in [0.4, 0.5) is 5.69 Å². The van der Waals surface area contributed by atoms with Crippen molar-refractivity contribution >= 4 is 46.7 Å². The van der Waals surface area contributed by atoms with Crippen LogP contribution in [0.3, 0.4) is 0 Å². The standard InChI is InChI=1S/C17H13Cl3N4/c1-11-14(10-21-22-13-6-4-5-12(18)9-13)17(20)24(23-11)16-8-3-2-7-15(16)19/h2-10,22H,1H3. The summed E-state index contributed by atoms with van der Waals surface area (Å²) in [5.74, 6) is 0. The summed E-state index contributed by atoms with van der Waals surface area (Å²) in [4.78, 5) is 0. The molecular weight excluding hydrogens is 367 g/mol. The number of halogens is 3. The van der Waals surface area contributed by atoms with Gasteiger partial charge in [-0.2, -0.15) is 10.2 Å². The minimum Gasteiger partial charge on any atom is -0.278 e. The zero-order chi connectivity index (χ0) is 17.1. The van der Waals surface area contributed by atoms with Crippen molar-refractivity contribution in [2.45, 2.75) is 6.92 Å². The second-order valence-electron chi connectivity index (χ2n) is 5.03. The Morgan fingerprint density at radius 1 is 1.08 bits per heavy atom. The molecule has 0 amide bonds. The van der Waals surface area contributed by atoms with E-state index in [1.165, 1.54) is 0 Å². The molecule has 122 valence electrons. The average Bonchev–Trinajstić information content (AvgIpc) is 2.83. The second kappa shape index (κ2) is 7.26. The van der Waals surface area contributed by atoms with Gasteiger partial charge in [0.2, 0.25) is 0 Å². The van der Waals surface area contributed by atoms with Crippen LogP contribution in [0, 0.1) is 6.92 Å². The Kier molecular flexibility index (Phi) is 5.09. The zero-order valence-corrected chi connectivity index (χ0v) is 14.9. The van der Waals surface area contributed by atoms with Gasteiger partial charge in [0.1, 0.15) is 5.15 Å². The van der Waals surface area contributed by atoms with Gasteiger partial charge >= 0.3 is 0 Å². The number of rotatable bonds is 4. The lowest BCUT2D eigenvalue weighted by Gasteiger charge is -2.05. The molecule has 1 N–H and O–H groups in total. The Morgan fingerprint density at radius 2 is 1.88 bits per heavy atom. The second-order valence-corrected chi connectivity index (χ2v) is 6.24. The van der Waals surface area contributed by atoms with Crippen molar-refractivity contribution in [3.63, 3.8) is 0 Å². The molecule has 1 aromatic heterocycles. The van der Waals surface area contributed by atoms with E-state index < -0.39 is 0 Å². The number of nitrogens with zero attached hydrogens (tertiary/aromatic N) is 3. The topological polar surface area (TPSA) is 42.2 Å². The lowest BCUT2D eigenvalue weighted by Crippen LogP contribution is -1.97. The molecule has 0 fully saturated rings. The lowest BCUT2D eigenvalue weighted by molar-refractivity contribution is 0.863. The number of hydrogen-bond acceptors (Lipinski definition) is 3. The van der Waals surface area contributed by atoms with Crippen molar-refractivity contribution in [1.29, 1.82) is 0 Å². The van der Waals surface area contributed by atoms with Gasteiger partial charge in [-0.3, -0.25) is 5.43 Å². The molecule has 3 aromatic rings. The number of benzene rings is 2. The van der Waals surface area contributed by atoms with Crippen LogP contribution in [0.15, 0.2) is 53.6 Å². The minimum absolute atomic E-state index is 0.442. The summed E-state index contributed by atoms with van der Waals surface area (Å²) in [6.07, 6.45) is 1.62. The Hall–Kier alpha value is -2.01. The maximum absolute atomic E-state index is 6.44. The first-order valence-corrected chi connectivity index (χ1v) is 8.24. The summed E-state index contributed by atoms with van der Waals surface area (Å²) in [7, 11) is 0. The van der Waals surface area contributed by atoms with Gasteiger partial charge in [0.05, 0.1) is 33.9 Å². The molecule has 1 heterocycles. The zero-order valence-electron chi connectivity index (χ0n) is 12.7. The summed E-state index contributed by atoms with van der Waals surface area (Å²) in [6, 6.07) is 14.7. The molecule has 4 nitrogen and oxygen atoms in total. The van der Waals surface area contributed by atoms with Crippen LogP contribution in [0.2, 0.25) is 15.2 Å². The molecule has 0 unspecified atom stereocenters. The number of para-hydroxylation sites is 1. The number of hydrogen-bond donors (Lipinski definition) is 1. The Labute approximate surface area is 154 Å². The highest BCUT2D eigenvalue weighted by atomic mass is 35.5. The molecule has 0 radical (unpaired) electrons. The van der Waals surface area contributed by atoms with Crippen LogP contribution < -0.4 is 5.43 Å². The molecule has 2 aromatic carbocycles. The van der Waals surface area contributed by atoms with E-state index in [0.29, 0.717) is 20.8 Å². The Morgan fingerprint density at radius 3 is 2.62 bits per heavy atom. The molecule has 24 heavy (non-hydrogen) atoms. The van der Waals surface area contributed by atoms with Crippen molar-refractivity contribution in [3.8, 4) is 5.69 Å². The number of anilines is 1. The molecule has 0 saturated carbocycles. The highest BCUT2D eigenvalue weighted by molar-refractivity contribution is 6.34. The predicted octanol–water partition coefficient (Wildman–Crippen LogP) is 5.59. The van der Waals surface area contributed by atoms with Crippen molar-refractivity contribution in [2.75, 3.05) is 5.43 Å². The highest BCUT2D eigenvalue weighted by Gasteiger charge is 2.14. The van der Waals surface area contributed by atoms with Gasteiger partial charge in [-0.25, -0.2) is 4.68 Å². The van der Waals surface area contributed by atoms with E-state index >= 15 is 0 Å². The van der Waals surface area contributed by atoms with Crippen LogP contribution in [0.1, 0.15) is 11.3 Å². The summed E-state index contributed by atoms with van der Waals surface area (Å²) >= 11 is 18.6. The third-order valence-electron chi connectivity index (χ3n) is 3.34. The molecule has 3 rings (SSSR count). The third-order valence-corrected chi connectivity index (χ3v) is 4.26. The van der Waals surface area contributed by atoms with E-state index in [1.807, 2.05) is 37.3 Å². The highest BCUT2D eigenvalue weighted by Crippen LogP contribution is 2.26. The van der Waals surface area contributed by atoms with Crippen molar-refractivity contribution in [2.24, 2.45) is 5.10 Å². The van der Waals surface area contributed by atoms with Gasteiger partial charge in [-0.15, -0.1) is 0 Å². The van der Waals surface area contributed by atoms with Crippen LogP contribution in [-0.2, 0) is 0 Å². The molecule has 0 aliphatic rings. The largest absolute Gasteiger partial charge is 0.278 e. The number of nitrogens with one attached hydrogen (secondary N) is 1. The van der Waals surface area contributed by atoms with E-state index in [-0.39, 0.29) is 0 Å². The molecule has 0 spiro atoms. The van der Waals surface area contributed by atoms with Crippen LogP contribution in [0.5, 0.6) is 0 Å². The first kappa shape index (κ1) is 16.8. The fourth-order valence-electron chi connectivity index (χ4n) is 2.17. The molecule has 0 aliphatic heterocycles. The number of hydrazone groups is 1. The van der Waals surface area contributed by atoms with Crippen molar-refractivity contribution < 1.29 is 0 Å². The first-order valence-electron chi connectivity index (χ1n) is 7.11. The smallest absolute Gasteiger partial charge is 0.142 e. The molecular formula is C17H13Cl3N4. The number of aromatic nitrogens is 2. The van der Waals surface area contributed by atoms with Crippen molar-refractivity contribution in [3.05, 3.63) is 75.0 Å².